The Kier molecular flexibility index (Phi) is 2.32. The molecule has 1 aromatic heterocycles. The average Bonchev–Trinajstić information content (AvgIpc) is 2.78. The molecule has 92 valence electrons. The van der Waals surface area contributed by atoms with E-state index in [1.165, 1.54) is 11.5 Å². The first-order valence-electron chi connectivity index (χ1n) is 5.93. The van der Waals surface area contributed by atoms with Gasteiger partial charge in [0.1, 0.15) is 5.82 Å². The predicted octanol–water partition coefficient (Wildman–Crippen LogP) is 6.00. The molecule has 0 aliphatic heterocycles. The Labute approximate surface area is 118 Å². The fraction of sp³-hybridized carbons (Fsp3) is 0. The second-order valence-electron chi connectivity index (χ2n) is 4.53. The minimum atomic E-state index is -0.209. The summed E-state index contributed by atoms with van der Waals surface area (Å²) in [7, 11) is 0. The molecular formula is C16H8ClFS. The van der Waals surface area contributed by atoms with Crippen LogP contribution in [0.2, 0.25) is 5.02 Å². The highest BCUT2D eigenvalue weighted by atomic mass is 35.5. The third-order valence-electron chi connectivity index (χ3n) is 3.38. The van der Waals surface area contributed by atoms with Crippen LogP contribution in [0.1, 0.15) is 0 Å². The van der Waals surface area contributed by atoms with Gasteiger partial charge in [0.15, 0.2) is 0 Å². The van der Waals surface area contributed by atoms with E-state index in [0.29, 0.717) is 0 Å². The van der Waals surface area contributed by atoms with Crippen molar-refractivity contribution in [3.8, 4) is 0 Å². The molecule has 0 fully saturated rings. The molecule has 0 radical (unpaired) electrons. The van der Waals surface area contributed by atoms with Gasteiger partial charge in [-0.15, -0.1) is 11.3 Å². The smallest absolute Gasteiger partial charge is 0.124 e. The largest absolute Gasteiger partial charge is 0.207 e. The molecule has 0 nitrogen and oxygen atoms in total. The van der Waals surface area contributed by atoms with Crippen LogP contribution in [0.15, 0.2) is 48.5 Å². The van der Waals surface area contributed by atoms with Gasteiger partial charge in [0.25, 0.3) is 0 Å². The molecule has 0 unspecified atom stereocenters. The highest BCUT2D eigenvalue weighted by Crippen LogP contribution is 2.42. The standard InChI is InChI=1S/C16H8ClFS/c17-13-7-9-3-1-2-4-11(9)16-15(13)12-6-5-10(18)8-14(12)19-16/h1-8H. The molecule has 0 N–H and O–H groups in total. The van der Waals surface area contributed by atoms with Crippen LogP contribution in [-0.4, -0.2) is 0 Å². The highest BCUT2D eigenvalue weighted by Gasteiger charge is 2.12. The van der Waals surface area contributed by atoms with E-state index in [-0.39, 0.29) is 5.82 Å². The third kappa shape index (κ3) is 1.57. The molecule has 0 aliphatic carbocycles. The highest BCUT2D eigenvalue weighted by molar-refractivity contribution is 7.26. The summed E-state index contributed by atoms with van der Waals surface area (Å²) in [6, 6.07) is 15.0. The summed E-state index contributed by atoms with van der Waals surface area (Å²) in [6.07, 6.45) is 0. The number of hydrogen-bond donors (Lipinski definition) is 0. The maximum atomic E-state index is 13.4. The van der Waals surface area contributed by atoms with E-state index in [1.807, 2.05) is 30.3 Å². The number of fused-ring (bicyclic) bond motifs is 5. The number of thiophene rings is 1. The van der Waals surface area contributed by atoms with E-state index in [9.17, 15) is 4.39 Å². The van der Waals surface area contributed by atoms with Gasteiger partial charge < -0.3 is 0 Å². The normalized spacial score (nSPS) is 11.7. The summed E-state index contributed by atoms with van der Waals surface area (Å²) < 4.78 is 15.4. The van der Waals surface area contributed by atoms with E-state index < -0.39 is 0 Å². The Bertz CT molecular complexity index is 940. The van der Waals surface area contributed by atoms with Crippen molar-refractivity contribution in [3.63, 3.8) is 0 Å². The zero-order valence-electron chi connectivity index (χ0n) is 9.78. The van der Waals surface area contributed by atoms with Crippen LogP contribution in [0.25, 0.3) is 30.9 Å². The fourth-order valence-corrected chi connectivity index (χ4v) is 4.19. The van der Waals surface area contributed by atoms with Gasteiger partial charge in [-0.25, -0.2) is 4.39 Å². The van der Waals surface area contributed by atoms with Crippen LogP contribution in [0.5, 0.6) is 0 Å². The minimum absolute atomic E-state index is 0.209. The first kappa shape index (κ1) is 11.2. The molecule has 0 bridgehead atoms. The number of rotatable bonds is 0. The molecular weight excluding hydrogens is 279 g/mol. The van der Waals surface area contributed by atoms with E-state index in [2.05, 4.69) is 6.07 Å². The Morgan fingerprint density at radius 1 is 0.947 bits per heavy atom. The van der Waals surface area contributed by atoms with Crippen LogP contribution in [0, 0.1) is 5.82 Å². The van der Waals surface area contributed by atoms with Gasteiger partial charge in [0.05, 0.1) is 5.02 Å². The van der Waals surface area contributed by atoms with Crippen LogP contribution in [0.3, 0.4) is 0 Å². The molecule has 0 saturated carbocycles. The van der Waals surface area contributed by atoms with Crippen molar-refractivity contribution in [3.05, 3.63) is 59.4 Å². The van der Waals surface area contributed by atoms with Gasteiger partial charge in [-0.1, -0.05) is 35.9 Å². The molecule has 0 amide bonds. The van der Waals surface area contributed by atoms with E-state index in [1.54, 1.807) is 17.4 Å². The first-order valence-corrected chi connectivity index (χ1v) is 7.12. The number of halogens is 2. The second-order valence-corrected chi connectivity index (χ2v) is 5.99. The third-order valence-corrected chi connectivity index (χ3v) is 4.86. The van der Waals surface area contributed by atoms with Crippen molar-refractivity contribution in [2.24, 2.45) is 0 Å². The molecule has 3 aromatic carbocycles. The van der Waals surface area contributed by atoms with Crippen LogP contribution in [0.4, 0.5) is 4.39 Å². The molecule has 0 aliphatic rings. The van der Waals surface area contributed by atoms with Crippen molar-refractivity contribution in [1.82, 2.24) is 0 Å². The quantitative estimate of drug-likeness (QED) is 0.372. The van der Waals surface area contributed by atoms with Crippen molar-refractivity contribution in [2.75, 3.05) is 0 Å². The lowest BCUT2D eigenvalue weighted by Crippen LogP contribution is -1.75. The SMILES string of the molecule is Fc1ccc2c(c1)sc1c3ccccc3cc(Cl)c21. The van der Waals surface area contributed by atoms with Crippen molar-refractivity contribution < 1.29 is 4.39 Å². The molecule has 0 spiro atoms. The van der Waals surface area contributed by atoms with Crippen molar-refractivity contribution >= 4 is 53.9 Å². The Balaban J connectivity index is 2.33. The fourth-order valence-electron chi connectivity index (χ4n) is 2.54. The van der Waals surface area contributed by atoms with Gasteiger partial charge in [0.2, 0.25) is 0 Å². The predicted molar refractivity (Wildman–Crippen MR) is 81.8 cm³/mol. The lowest BCUT2D eigenvalue weighted by atomic mass is 10.1. The van der Waals surface area contributed by atoms with Gasteiger partial charge in [-0.05, 0) is 35.0 Å². The van der Waals surface area contributed by atoms with Crippen LogP contribution in [-0.2, 0) is 0 Å². The van der Waals surface area contributed by atoms with Gasteiger partial charge >= 0.3 is 0 Å². The molecule has 0 saturated heterocycles. The lowest BCUT2D eigenvalue weighted by molar-refractivity contribution is 0.630. The van der Waals surface area contributed by atoms with Crippen molar-refractivity contribution in [1.29, 1.82) is 0 Å². The molecule has 4 aromatic rings. The molecule has 0 atom stereocenters. The molecule has 19 heavy (non-hydrogen) atoms. The summed E-state index contributed by atoms with van der Waals surface area (Å²) in [4.78, 5) is 0. The maximum Gasteiger partial charge on any atom is 0.124 e. The maximum absolute atomic E-state index is 13.4. The summed E-state index contributed by atoms with van der Waals surface area (Å²) in [5, 5.41) is 5.07. The van der Waals surface area contributed by atoms with Gasteiger partial charge in [-0.3, -0.25) is 0 Å². The van der Waals surface area contributed by atoms with Crippen LogP contribution >= 0.6 is 22.9 Å². The van der Waals surface area contributed by atoms with E-state index in [4.69, 9.17) is 11.6 Å². The van der Waals surface area contributed by atoms with Gasteiger partial charge in [-0.2, -0.15) is 0 Å². The number of benzene rings is 3. The minimum Gasteiger partial charge on any atom is -0.207 e. The zero-order chi connectivity index (χ0) is 13.0. The van der Waals surface area contributed by atoms with Crippen molar-refractivity contribution in [2.45, 2.75) is 0 Å². The summed E-state index contributed by atoms with van der Waals surface area (Å²) >= 11 is 8.00. The summed E-state index contributed by atoms with van der Waals surface area (Å²) in [6.45, 7) is 0. The Hall–Kier alpha value is -1.64. The summed E-state index contributed by atoms with van der Waals surface area (Å²) in [5.74, 6) is -0.209. The molecule has 3 heteroatoms. The number of hydrogen-bond acceptors (Lipinski definition) is 1. The zero-order valence-corrected chi connectivity index (χ0v) is 11.4. The molecule has 1 heterocycles. The Morgan fingerprint density at radius 3 is 2.68 bits per heavy atom. The van der Waals surface area contributed by atoms with E-state index in [0.717, 1.165) is 30.6 Å². The van der Waals surface area contributed by atoms with Gasteiger partial charge in [0, 0.05) is 20.2 Å². The second kappa shape index (κ2) is 3.92. The monoisotopic (exact) mass is 286 g/mol. The Morgan fingerprint density at radius 2 is 1.79 bits per heavy atom. The van der Waals surface area contributed by atoms with E-state index >= 15 is 0 Å². The first-order chi connectivity index (χ1) is 9.24. The average molecular weight is 287 g/mol. The summed E-state index contributed by atoms with van der Waals surface area (Å²) in [5.41, 5.74) is 0. The molecule has 4 rings (SSSR count). The van der Waals surface area contributed by atoms with Crippen LogP contribution < -0.4 is 0 Å². The lowest BCUT2D eigenvalue weighted by Gasteiger charge is -2.01. The topological polar surface area (TPSA) is 0 Å².